The standard InChI is InChI=1S/C21H28N6OS/c1-3-12-23-19-17-15-24-27(20(17)26-21(25-19)29-4-2)14-13-22-18(28)11-10-16-8-6-5-7-9-16/h5-9,15H,3-4,10-14H2,1-2H3,(H,22,28)(H,23,25,26). The Hall–Kier alpha value is -2.61. The van der Waals surface area contributed by atoms with E-state index < -0.39 is 0 Å². The fourth-order valence-corrected chi connectivity index (χ4v) is 3.53. The van der Waals surface area contributed by atoms with Gasteiger partial charge < -0.3 is 10.6 Å². The molecule has 154 valence electrons. The van der Waals surface area contributed by atoms with Crippen molar-refractivity contribution in [3.05, 3.63) is 42.1 Å². The van der Waals surface area contributed by atoms with Crippen LogP contribution in [0.15, 0.2) is 41.7 Å². The second-order valence-electron chi connectivity index (χ2n) is 6.66. The largest absolute Gasteiger partial charge is 0.369 e. The Morgan fingerprint density at radius 2 is 1.97 bits per heavy atom. The third-order valence-corrected chi connectivity index (χ3v) is 5.15. The summed E-state index contributed by atoms with van der Waals surface area (Å²) < 4.78 is 1.84. The van der Waals surface area contributed by atoms with Gasteiger partial charge in [-0.3, -0.25) is 4.79 Å². The molecule has 7 nitrogen and oxygen atoms in total. The van der Waals surface area contributed by atoms with Crippen LogP contribution >= 0.6 is 11.8 Å². The monoisotopic (exact) mass is 412 g/mol. The molecule has 0 aliphatic heterocycles. The Morgan fingerprint density at radius 3 is 2.72 bits per heavy atom. The van der Waals surface area contributed by atoms with Gasteiger partial charge in [-0.05, 0) is 24.2 Å². The predicted octanol–water partition coefficient (Wildman–Crippen LogP) is 3.51. The van der Waals surface area contributed by atoms with Crippen LogP contribution in [0.4, 0.5) is 5.82 Å². The number of rotatable bonds is 11. The van der Waals surface area contributed by atoms with Gasteiger partial charge in [-0.2, -0.15) is 5.10 Å². The molecule has 0 saturated carbocycles. The van der Waals surface area contributed by atoms with Crippen molar-refractivity contribution in [1.82, 2.24) is 25.1 Å². The molecule has 0 spiro atoms. The average Bonchev–Trinajstić information content (AvgIpc) is 3.14. The maximum absolute atomic E-state index is 12.1. The van der Waals surface area contributed by atoms with Crippen molar-refractivity contribution in [3.63, 3.8) is 0 Å². The van der Waals surface area contributed by atoms with E-state index in [1.807, 2.05) is 35.0 Å². The molecule has 1 aromatic carbocycles. The highest BCUT2D eigenvalue weighted by atomic mass is 32.2. The van der Waals surface area contributed by atoms with Gasteiger partial charge in [0.15, 0.2) is 10.8 Å². The molecule has 2 heterocycles. The summed E-state index contributed by atoms with van der Waals surface area (Å²) in [5.41, 5.74) is 1.97. The third-order valence-electron chi connectivity index (χ3n) is 4.42. The van der Waals surface area contributed by atoms with E-state index in [0.717, 1.165) is 47.1 Å². The molecule has 2 aromatic heterocycles. The molecule has 2 N–H and O–H groups in total. The molecule has 3 rings (SSSR count). The van der Waals surface area contributed by atoms with Crippen LogP contribution in [0.2, 0.25) is 0 Å². The molecule has 0 unspecified atom stereocenters. The van der Waals surface area contributed by atoms with Crippen molar-refractivity contribution >= 4 is 34.5 Å². The molecular weight excluding hydrogens is 384 g/mol. The minimum Gasteiger partial charge on any atom is -0.369 e. The zero-order valence-electron chi connectivity index (χ0n) is 17.0. The number of nitrogens with one attached hydrogen (secondary N) is 2. The average molecular weight is 413 g/mol. The predicted molar refractivity (Wildman–Crippen MR) is 118 cm³/mol. The maximum atomic E-state index is 12.1. The van der Waals surface area contributed by atoms with Crippen LogP contribution in [-0.4, -0.2) is 44.5 Å². The highest BCUT2D eigenvalue weighted by Gasteiger charge is 2.13. The van der Waals surface area contributed by atoms with Crippen molar-refractivity contribution in [3.8, 4) is 0 Å². The first-order chi connectivity index (χ1) is 14.2. The van der Waals surface area contributed by atoms with Crippen LogP contribution in [0.5, 0.6) is 0 Å². The summed E-state index contributed by atoms with van der Waals surface area (Å²) in [5.74, 6) is 1.78. The van der Waals surface area contributed by atoms with Gasteiger partial charge >= 0.3 is 0 Å². The SMILES string of the molecule is CCCNc1nc(SCC)nc2c1cnn2CCNC(=O)CCc1ccccc1. The number of thioether (sulfide) groups is 1. The lowest BCUT2D eigenvalue weighted by atomic mass is 10.1. The van der Waals surface area contributed by atoms with E-state index in [1.165, 1.54) is 5.56 Å². The van der Waals surface area contributed by atoms with Crippen molar-refractivity contribution in [1.29, 1.82) is 0 Å². The van der Waals surface area contributed by atoms with E-state index in [0.29, 0.717) is 19.5 Å². The van der Waals surface area contributed by atoms with Crippen molar-refractivity contribution in [2.45, 2.75) is 44.8 Å². The first kappa shape index (κ1) is 21.1. The molecule has 8 heteroatoms. The van der Waals surface area contributed by atoms with Gasteiger partial charge in [-0.15, -0.1) is 0 Å². The Bertz CT molecular complexity index is 928. The molecule has 0 radical (unpaired) electrons. The molecular formula is C21H28N6OS. The van der Waals surface area contributed by atoms with Gasteiger partial charge in [0.1, 0.15) is 5.82 Å². The Kier molecular flexibility index (Phi) is 7.86. The van der Waals surface area contributed by atoms with Crippen LogP contribution in [0, 0.1) is 0 Å². The number of carbonyl (C=O) groups is 1. The number of aromatic nitrogens is 4. The molecule has 3 aromatic rings. The van der Waals surface area contributed by atoms with Crippen molar-refractivity contribution in [2.75, 3.05) is 24.2 Å². The number of carbonyl (C=O) groups excluding carboxylic acids is 1. The highest BCUT2D eigenvalue weighted by Crippen LogP contribution is 2.24. The van der Waals surface area contributed by atoms with E-state index in [1.54, 1.807) is 18.0 Å². The van der Waals surface area contributed by atoms with Crippen molar-refractivity contribution in [2.24, 2.45) is 0 Å². The van der Waals surface area contributed by atoms with E-state index in [9.17, 15) is 4.79 Å². The quantitative estimate of drug-likeness (QED) is 0.370. The van der Waals surface area contributed by atoms with E-state index in [4.69, 9.17) is 0 Å². The maximum Gasteiger partial charge on any atom is 0.220 e. The van der Waals surface area contributed by atoms with E-state index in [2.05, 4.69) is 39.5 Å². The first-order valence-corrected chi connectivity index (χ1v) is 11.1. The zero-order valence-corrected chi connectivity index (χ0v) is 17.8. The smallest absolute Gasteiger partial charge is 0.220 e. The fourth-order valence-electron chi connectivity index (χ4n) is 2.96. The number of hydrogen-bond donors (Lipinski definition) is 2. The molecule has 0 bridgehead atoms. The van der Waals surface area contributed by atoms with Crippen LogP contribution in [-0.2, 0) is 17.8 Å². The first-order valence-electron chi connectivity index (χ1n) is 10.1. The minimum absolute atomic E-state index is 0.0486. The summed E-state index contributed by atoms with van der Waals surface area (Å²) in [7, 11) is 0. The topological polar surface area (TPSA) is 84.7 Å². The molecule has 0 aliphatic rings. The fraction of sp³-hybridized carbons (Fsp3) is 0.429. The van der Waals surface area contributed by atoms with Crippen LogP contribution in [0.3, 0.4) is 0 Å². The van der Waals surface area contributed by atoms with Crippen LogP contribution in [0.1, 0.15) is 32.3 Å². The second kappa shape index (κ2) is 10.8. The second-order valence-corrected chi connectivity index (χ2v) is 7.89. The molecule has 0 atom stereocenters. The van der Waals surface area contributed by atoms with Gasteiger partial charge in [0.2, 0.25) is 5.91 Å². The summed E-state index contributed by atoms with van der Waals surface area (Å²) in [4.78, 5) is 21.4. The summed E-state index contributed by atoms with van der Waals surface area (Å²) in [6.45, 7) is 6.14. The minimum atomic E-state index is 0.0486. The number of hydrogen-bond acceptors (Lipinski definition) is 6. The van der Waals surface area contributed by atoms with Crippen LogP contribution in [0.25, 0.3) is 11.0 Å². The third kappa shape index (κ3) is 5.93. The molecule has 0 fully saturated rings. The number of amides is 1. The van der Waals surface area contributed by atoms with E-state index >= 15 is 0 Å². The lowest BCUT2D eigenvalue weighted by Crippen LogP contribution is -2.27. The van der Waals surface area contributed by atoms with Crippen LogP contribution < -0.4 is 10.6 Å². The molecule has 1 amide bonds. The summed E-state index contributed by atoms with van der Waals surface area (Å²) in [6.07, 6.45) is 4.04. The lowest BCUT2D eigenvalue weighted by molar-refractivity contribution is -0.121. The van der Waals surface area contributed by atoms with Gasteiger partial charge in [-0.25, -0.2) is 14.6 Å². The van der Waals surface area contributed by atoms with Gasteiger partial charge in [0.05, 0.1) is 18.1 Å². The summed E-state index contributed by atoms with van der Waals surface area (Å²) in [6, 6.07) is 10.0. The molecule has 0 saturated heterocycles. The molecule has 29 heavy (non-hydrogen) atoms. The zero-order chi connectivity index (χ0) is 20.5. The number of fused-ring (bicyclic) bond motifs is 1. The summed E-state index contributed by atoms with van der Waals surface area (Å²) >= 11 is 1.61. The Morgan fingerprint density at radius 1 is 1.14 bits per heavy atom. The summed E-state index contributed by atoms with van der Waals surface area (Å²) in [5, 5.41) is 12.5. The number of aryl methyl sites for hydroxylation is 1. The Balaban J connectivity index is 1.60. The van der Waals surface area contributed by atoms with Gasteiger partial charge in [0.25, 0.3) is 0 Å². The van der Waals surface area contributed by atoms with Gasteiger partial charge in [-0.1, -0.05) is 55.9 Å². The van der Waals surface area contributed by atoms with E-state index in [-0.39, 0.29) is 5.91 Å². The normalized spacial score (nSPS) is 11.0. The van der Waals surface area contributed by atoms with Crippen molar-refractivity contribution < 1.29 is 4.79 Å². The number of benzene rings is 1. The lowest BCUT2D eigenvalue weighted by Gasteiger charge is -2.09. The highest BCUT2D eigenvalue weighted by molar-refractivity contribution is 7.99. The van der Waals surface area contributed by atoms with Gasteiger partial charge in [0, 0.05) is 19.5 Å². The number of nitrogens with zero attached hydrogens (tertiary/aromatic N) is 4. The molecule has 0 aliphatic carbocycles. The number of anilines is 1. The Labute approximate surface area is 175 Å².